The Morgan fingerprint density at radius 1 is 1.46 bits per heavy atom. The first-order valence-corrected chi connectivity index (χ1v) is 4.20. The van der Waals surface area contributed by atoms with E-state index in [-0.39, 0.29) is 5.41 Å². The lowest BCUT2D eigenvalue weighted by Gasteiger charge is -2.14. The lowest BCUT2D eigenvalue weighted by molar-refractivity contribution is 0.381. The van der Waals surface area contributed by atoms with Crippen molar-refractivity contribution in [3.8, 4) is 6.07 Å². The second-order valence-electron chi connectivity index (χ2n) is 4.06. The molecular weight excluding hydrogens is 164 g/mol. The van der Waals surface area contributed by atoms with Gasteiger partial charge in [-0.2, -0.15) is 5.26 Å². The first-order chi connectivity index (χ1) is 5.95. The molecule has 0 amide bonds. The fraction of sp³-hybridized carbons (Fsp3) is 0.500. The van der Waals surface area contributed by atoms with Crippen molar-refractivity contribution in [1.29, 1.82) is 5.26 Å². The molecule has 1 rings (SSSR count). The van der Waals surface area contributed by atoms with E-state index in [1.165, 1.54) is 0 Å². The van der Waals surface area contributed by atoms with Gasteiger partial charge >= 0.3 is 0 Å². The highest BCUT2D eigenvalue weighted by Gasteiger charge is 2.19. The molecule has 0 aromatic carbocycles. The zero-order valence-corrected chi connectivity index (χ0v) is 8.16. The number of rotatable bonds is 1. The Balaban J connectivity index is 2.95. The molecule has 0 saturated carbocycles. The van der Waals surface area contributed by atoms with E-state index in [1.54, 1.807) is 6.07 Å². The van der Waals surface area contributed by atoms with Gasteiger partial charge in [0.05, 0.1) is 6.07 Å². The molecule has 13 heavy (non-hydrogen) atoms. The molecule has 0 saturated heterocycles. The van der Waals surface area contributed by atoms with Crippen LogP contribution in [-0.4, -0.2) is 0 Å². The van der Waals surface area contributed by atoms with Gasteiger partial charge in [-0.1, -0.05) is 20.8 Å². The van der Waals surface area contributed by atoms with Crippen molar-refractivity contribution in [2.24, 2.45) is 5.73 Å². The summed E-state index contributed by atoms with van der Waals surface area (Å²) in [5.74, 6) is 1.39. The van der Waals surface area contributed by atoms with Gasteiger partial charge in [-0.25, -0.2) is 0 Å². The van der Waals surface area contributed by atoms with Crippen LogP contribution in [0.15, 0.2) is 16.5 Å². The zero-order valence-electron chi connectivity index (χ0n) is 8.16. The summed E-state index contributed by atoms with van der Waals surface area (Å²) < 4.78 is 5.45. The quantitative estimate of drug-likeness (QED) is 0.716. The summed E-state index contributed by atoms with van der Waals surface area (Å²) in [5.41, 5.74) is 5.46. The van der Waals surface area contributed by atoms with E-state index in [9.17, 15) is 0 Å². The van der Waals surface area contributed by atoms with Crippen LogP contribution in [-0.2, 0) is 5.41 Å². The van der Waals surface area contributed by atoms with E-state index in [2.05, 4.69) is 0 Å². The summed E-state index contributed by atoms with van der Waals surface area (Å²) in [4.78, 5) is 0. The van der Waals surface area contributed by atoms with Crippen molar-refractivity contribution in [3.63, 3.8) is 0 Å². The highest BCUT2D eigenvalue weighted by Crippen LogP contribution is 2.25. The van der Waals surface area contributed by atoms with Crippen molar-refractivity contribution in [2.45, 2.75) is 32.2 Å². The van der Waals surface area contributed by atoms with Crippen molar-refractivity contribution in [3.05, 3.63) is 23.7 Å². The van der Waals surface area contributed by atoms with E-state index >= 15 is 0 Å². The molecule has 0 fully saturated rings. The summed E-state index contributed by atoms with van der Waals surface area (Å²) in [6.45, 7) is 6.15. The molecule has 3 heteroatoms. The van der Waals surface area contributed by atoms with Gasteiger partial charge < -0.3 is 10.2 Å². The standard InChI is InChI=1S/C10H14N2O/c1-10(2,3)9-5-4-8(13-9)7(12)6-11/h4-5,7H,12H2,1-3H3. The fourth-order valence-corrected chi connectivity index (χ4v) is 0.987. The van der Waals surface area contributed by atoms with Crippen LogP contribution in [0.25, 0.3) is 0 Å². The highest BCUT2D eigenvalue weighted by molar-refractivity contribution is 5.19. The monoisotopic (exact) mass is 178 g/mol. The minimum absolute atomic E-state index is 0.0343. The van der Waals surface area contributed by atoms with Crippen LogP contribution in [0.4, 0.5) is 0 Å². The first kappa shape index (κ1) is 9.82. The van der Waals surface area contributed by atoms with Crippen LogP contribution >= 0.6 is 0 Å². The third-order valence-corrected chi connectivity index (χ3v) is 1.81. The largest absolute Gasteiger partial charge is 0.463 e. The van der Waals surface area contributed by atoms with Crippen molar-refractivity contribution >= 4 is 0 Å². The second-order valence-corrected chi connectivity index (χ2v) is 4.06. The number of nitriles is 1. The SMILES string of the molecule is CC(C)(C)c1ccc(C(N)C#N)o1. The van der Waals surface area contributed by atoms with Crippen LogP contribution in [0.5, 0.6) is 0 Å². The lowest BCUT2D eigenvalue weighted by Crippen LogP contribution is -2.10. The third kappa shape index (κ3) is 2.10. The average molecular weight is 178 g/mol. The normalized spacial score (nSPS) is 13.8. The van der Waals surface area contributed by atoms with E-state index in [0.29, 0.717) is 5.76 Å². The van der Waals surface area contributed by atoms with Crippen LogP contribution in [0.2, 0.25) is 0 Å². The van der Waals surface area contributed by atoms with Crippen molar-refractivity contribution < 1.29 is 4.42 Å². The Morgan fingerprint density at radius 2 is 2.08 bits per heavy atom. The van der Waals surface area contributed by atoms with Crippen LogP contribution < -0.4 is 5.73 Å². The maximum absolute atomic E-state index is 8.57. The van der Waals surface area contributed by atoms with Crippen molar-refractivity contribution in [2.75, 3.05) is 0 Å². The predicted octanol–water partition coefficient (Wildman–Crippen LogP) is 2.10. The molecule has 0 spiro atoms. The smallest absolute Gasteiger partial charge is 0.151 e. The summed E-state index contributed by atoms with van der Waals surface area (Å²) in [6.07, 6.45) is 0. The molecule has 1 aromatic heterocycles. The predicted molar refractivity (Wildman–Crippen MR) is 49.9 cm³/mol. The average Bonchev–Trinajstić information content (AvgIpc) is 2.50. The number of hydrogen-bond donors (Lipinski definition) is 1. The summed E-state index contributed by atoms with van der Waals surface area (Å²) >= 11 is 0. The van der Waals surface area contributed by atoms with Gasteiger partial charge in [-0.3, -0.25) is 0 Å². The summed E-state index contributed by atoms with van der Waals surface area (Å²) in [5, 5.41) is 8.57. The molecule has 1 aromatic rings. The van der Waals surface area contributed by atoms with Gasteiger partial charge in [0.1, 0.15) is 11.5 Å². The molecule has 0 aliphatic rings. The molecule has 0 bridgehead atoms. The Labute approximate surface area is 78.1 Å². The van der Waals surface area contributed by atoms with E-state index in [4.69, 9.17) is 15.4 Å². The Morgan fingerprint density at radius 3 is 2.46 bits per heavy atom. The molecule has 70 valence electrons. The molecule has 1 unspecified atom stereocenters. The van der Waals surface area contributed by atoms with E-state index < -0.39 is 6.04 Å². The van der Waals surface area contributed by atoms with Gasteiger partial charge in [0, 0.05) is 5.41 Å². The van der Waals surface area contributed by atoms with Gasteiger partial charge in [-0.05, 0) is 12.1 Å². The molecule has 1 atom stereocenters. The Kier molecular flexibility index (Phi) is 2.44. The first-order valence-electron chi connectivity index (χ1n) is 4.20. The molecule has 0 aliphatic heterocycles. The van der Waals surface area contributed by atoms with Crippen LogP contribution in [0.1, 0.15) is 38.3 Å². The minimum Gasteiger partial charge on any atom is -0.463 e. The second kappa shape index (κ2) is 3.23. The maximum atomic E-state index is 8.57. The van der Waals surface area contributed by atoms with Crippen LogP contribution in [0, 0.1) is 11.3 Å². The molecule has 1 heterocycles. The number of nitrogens with two attached hydrogens (primary N) is 1. The van der Waals surface area contributed by atoms with Gasteiger partial charge in [0.25, 0.3) is 0 Å². The van der Waals surface area contributed by atoms with Crippen molar-refractivity contribution in [1.82, 2.24) is 0 Å². The number of furan rings is 1. The Hall–Kier alpha value is -1.27. The Bertz CT molecular complexity index is 327. The summed E-state index contributed by atoms with van der Waals surface area (Å²) in [6, 6.07) is 4.90. The van der Waals surface area contributed by atoms with Gasteiger partial charge in [0.2, 0.25) is 0 Å². The van der Waals surface area contributed by atoms with Gasteiger partial charge in [-0.15, -0.1) is 0 Å². The topological polar surface area (TPSA) is 63.0 Å². The number of nitrogens with zero attached hydrogens (tertiary/aromatic N) is 1. The van der Waals surface area contributed by atoms with E-state index in [0.717, 1.165) is 5.76 Å². The molecule has 0 aliphatic carbocycles. The summed E-state index contributed by atoms with van der Waals surface area (Å²) in [7, 11) is 0. The molecule has 2 N–H and O–H groups in total. The van der Waals surface area contributed by atoms with Crippen LogP contribution in [0.3, 0.4) is 0 Å². The van der Waals surface area contributed by atoms with E-state index in [1.807, 2.05) is 32.9 Å². The molecule has 0 radical (unpaired) electrons. The maximum Gasteiger partial charge on any atom is 0.151 e. The lowest BCUT2D eigenvalue weighted by atomic mass is 9.94. The fourth-order valence-electron chi connectivity index (χ4n) is 0.987. The minimum atomic E-state index is -0.656. The molecular formula is C10H14N2O. The van der Waals surface area contributed by atoms with Gasteiger partial charge in [0.15, 0.2) is 6.04 Å². The number of hydrogen-bond acceptors (Lipinski definition) is 3. The highest BCUT2D eigenvalue weighted by atomic mass is 16.3. The molecule has 3 nitrogen and oxygen atoms in total. The third-order valence-electron chi connectivity index (χ3n) is 1.81. The zero-order chi connectivity index (χ0) is 10.1.